The van der Waals surface area contributed by atoms with Crippen molar-refractivity contribution < 1.29 is 9.21 Å². The molecule has 1 amide bonds. The van der Waals surface area contributed by atoms with Crippen LogP contribution >= 0.6 is 0 Å². The first-order valence-electron chi connectivity index (χ1n) is 12.0. The van der Waals surface area contributed by atoms with Gasteiger partial charge in [-0.3, -0.25) is 4.79 Å². The van der Waals surface area contributed by atoms with Crippen molar-refractivity contribution in [3.8, 4) is 0 Å². The van der Waals surface area contributed by atoms with Crippen LogP contribution in [0, 0.1) is 0 Å². The first-order valence-corrected chi connectivity index (χ1v) is 14.6. The zero-order valence-electron chi connectivity index (χ0n) is 19.1. The van der Waals surface area contributed by atoms with Gasteiger partial charge in [-0.25, -0.2) is 0 Å². The van der Waals surface area contributed by atoms with E-state index in [0.29, 0.717) is 5.56 Å². The maximum Gasteiger partial charge on any atom is 0.252 e. The highest BCUT2D eigenvalue weighted by molar-refractivity contribution is 6.91. The molecule has 162 valence electrons. The van der Waals surface area contributed by atoms with Crippen LogP contribution in [-0.4, -0.2) is 14.0 Å². The molecule has 1 aromatic rings. The zero-order valence-corrected chi connectivity index (χ0v) is 20.1. The van der Waals surface area contributed by atoms with Gasteiger partial charge >= 0.3 is 0 Å². The van der Waals surface area contributed by atoms with Crippen molar-refractivity contribution >= 4 is 19.4 Å². The van der Waals surface area contributed by atoms with Crippen LogP contribution in [-0.2, 0) is 6.42 Å². The summed E-state index contributed by atoms with van der Waals surface area (Å²) in [5.41, 5.74) is 7.41. The van der Waals surface area contributed by atoms with E-state index < -0.39 is 8.07 Å². The Morgan fingerprint density at radius 2 is 1.29 bits per heavy atom. The fourth-order valence-electron chi connectivity index (χ4n) is 4.48. The second-order valence-electron chi connectivity index (χ2n) is 8.45. The molecular weight excluding hydrogens is 362 g/mol. The van der Waals surface area contributed by atoms with Crippen LogP contribution in [0.4, 0.5) is 0 Å². The number of nitrogens with two attached hydrogens (primary N) is 1. The molecule has 0 spiro atoms. The highest BCUT2D eigenvalue weighted by Gasteiger charge is 2.36. The van der Waals surface area contributed by atoms with Crippen molar-refractivity contribution in [1.82, 2.24) is 0 Å². The van der Waals surface area contributed by atoms with Gasteiger partial charge in [-0.1, -0.05) is 110 Å². The first kappa shape index (κ1) is 25.0. The summed E-state index contributed by atoms with van der Waals surface area (Å²) in [4.78, 5) is 11.9. The number of carbonyl (C=O) groups excluding carboxylic acids is 1. The number of amides is 1. The van der Waals surface area contributed by atoms with Crippen molar-refractivity contribution in [2.45, 2.75) is 123 Å². The lowest BCUT2D eigenvalue weighted by Gasteiger charge is -2.27. The van der Waals surface area contributed by atoms with Gasteiger partial charge in [0.1, 0.15) is 14.3 Å². The molecule has 0 saturated heterocycles. The summed E-state index contributed by atoms with van der Waals surface area (Å²) in [6.45, 7) is 9.10. The average molecular weight is 408 g/mol. The summed E-state index contributed by atoms with van der Waals surface area (Å²) in [6, 6.07) is 3.49. The van der Waals surface area contributed by atoms with E-state index in [1.165, 1.54) is 64.2 Å². The van der Waals surface area contributed by atoms with Gasteiger partial charge in [-0.2, -0.15) is 0 Å². The van der Waals surface area contributed by atoms with Gasteiger partial charge < -0.3 is 10.2 Å². The summed E-state index contributed by atoms with van der Waals surface area (Å²) in [5.74, 6) is -0.334. The minimum absolute atomic E-state index is 0.334. The largest absolute Gasteiger partial charge is 0.473 e. The van der Waals surface area contributed by atoms with Crippen LogP contribution in [0.2, 0.25) is 18.1 Å². The lowest BCUT2D eigenvalue weighted by molar-refractivity contribution is 0.0999. The summed E-state index contributed by atoms with van der Waals surface area (Å²) in [7, 11) is -1.64. The van der Waals surface area contributed by atoms with Gasteiger partial charge in [0.2, 0.25) is 0 Å². The van der Waals surface area contributed by atoms with Crippen molar-refractivity contribution in [2.24, 2.45) is 5.73 Å². The summed E-state index contributed by atoms with van der Waals surface area (Å²) in [6.07, 6.45) is 17.3. The molecule has 0 unspecified atom stereocenters. The monoisotopic (exact) mass is 407 g/mol. The van der Waals surface area contributed by atoms with Gasteiger partial charge in [-0.15, -0.1) is 0 Å². The number of furan rings is 1. The molecule has 0 bridgehead atoms. The highest BCUT2D eigenvalue weighted by Crippen LogP contribution is 2.25. The van der Waals surface area contributed by atoms with E-state index in [-0.39, 0.29) is 5.91 Å². The molecule has 1 rings (SSSR count). The quantitative estimate of drug-likeness (QED) is 0.224. The van der Waals surface area contributed by atoms with Gasteiger partial charge in [0.25, 0.3) is 5.91 Å². The predicted octanol–water partition coefficient (Wildman–Crippen LogP) is 6.95. The first-order chi connectivity index (χ1) is 13.6. The van der Waals surface area contributed by atoms with Gasteiger partial charge in [0.15, 0.2) is 0 Å². The maximum atomic E-state index is 11.9. The van der Waals surface area contributed by atoms with Gasteiger partial charge in [0, 0.05) is 5.56 Å². The zero-order chi connectivity index (χ0) is 20.8. The molecule has 3 nitrogen and oxygen atoms in total. The van der Waals surface area contributed by atoms with Crippen LogP contribution in [0.3, 0.4) is 0 Å². The lowest BCUT2D eigenvalue weighted by atomic mass is 10.0. The minimum Gasteiger partial charge on any atom is -0.473 e. The molecule has 0 atom stereocenters. The Morgan fingerprint density at radius 1 is 0.821 bits per heavy atom. The Morgan fingerprint density at radius 3 is 1.71 bits per heavy atom. The number of hydrogen-bond donors (Lipinski definition) is 1. The highest BCUT2D eigenvalue weighted by atomic mass is 28.3. The van der Waals surface area contributed by atoms with Crippen LogP contribution in [0.15, 0.2) is 10.7 Å². The van der Waals surface area contributed by atoms with Crippen molar-refractivity contribution in [1.29, 1.82) is 0 Å². The normalized spacial score (nSPS) is 11.9. The van der Waals surface area contributed by atoms with E-state index in [0.717, 1.165) is 41.9 Å². The lowest BCUT2D eigenvalue weighted by Crippen LogP contribution is -2.47. The third-order valence-electron chi connectivity index (χ3n) is 6.70. The maximum absolute atomic E-state index is 11.9. The molecule has 0 aromatic carbocycles. The number of carbonyl (C=O) groups is 1. The fourth-order valence-corrected chi connectivity index (χ4v) is 8.15. The molecule has 1 heterocycles. The predicted molar refractivity (Wildman–Crippen MR) is 124 cm³/mol. The summed E-state index contributed by atoms with van der Waals surface area (Å²) in [5, 5.41) is 1.15. The molecule has 0 aliphatic carbocycles. The second-order valence-corrected chi connectivity index (χ2v) is 13.6. The molecule has 2 N–H and O–H groups in total. The minimum atomic E-state index is -1.64. The Labute approximate surface area is 174 Å². The Bertz CT molecular complexity index is 541. The summed E-state index contributed by atoms with van der Waals surface area (Å²) >= 11 is 0. The molecule has 28 heavy (non-hydrogen) atoms. The topological polar surface area (TPSA) is 56.2 Å². The standard InChI is InChI=1S/C24H45NO2Si/c1-5-9-10-11-12-13-14-15-16-17-18-19-21-22(23(25)26)20-27-24(21)28(6-2,7-3)8-4/h20H,5-19H2,1-4H3,(H2,25,26). The third-order valence-corrected chi connectivity index (χ3v) is 12.1. The SMILES string of the molecule is CCCCCCCCCCCCCc1c(C(N)=O)coc1[Si](CC)(CC)CC. The van der Waals surface area contributed by atoms with E-state index in [1.54, 1.807) is 6.26 Å². The third kappa shape index (κ3) is 7.42. The van der Waals surface area contributed by atoms with Crippen LogP contribution in [0.5, 0.6) is 0 Å². The van der Waals surface area contributed by atoms with Crippen LogP contribution in [0.25, 0.3) is 0 Å². The molecule has 0 radical (unpaired) electrons. The van der Waals surface area contributed by atoms with E-state index in [2.05, 4.69) is 27.7 Å². The van der Waals surface area contributed by atoms with E-state index in [9.17, 15) is 4.79 Å². The number of unbranched alkanes of at least 4 members (excludes halogenated alkanes) is 10. The van der Waals surface area contributed by atoms with Crippen molar-refractivity contribution in [3.05, 3.63) is 17.4 Å². The molecule has 0 fully saturated rings. The molecule has 1 aromatic heterocycles. The summed E-state index contributed by atoms with van der Waals surface area (Å²) < 4.78 is 6.01. The number of primary amides is 1. The molecule has 0 saturated carbocycles. The van der Waals surface area contributed by atoms with E-state index >= 15 is 0 Å². The second kappa shape index (κ2) is 14.0. The molecule has 4 heteroatoms. The van der Waals surface area contributed by atoms with Crippen molar-refractivity contribution in [3.63, 3.8) is 0 Å². The van der Waals surface area contributed by atoms with E-state index in [1.807, 2.05) is 0 Å². The van der Waals surface area contributed by atoms with E-state index in [4.69, 9.17) is 10.2 Å². The number of hydrogen-bond acceptors (Lipinski definition) is 2. The molecule has 0 aliphatic heterocycles. The van der Waals surface area contributed by atoms with Crippen LogP contribution < -0.4 is 11.1 Å². The van der Waals surface area contributed by atoms with Crippen LogP contribution in [0.1, 0.15) is 114 Å². The molecular formula is C24H45NO2Si. The van der Waals surface area contributed by atoms with Gasteiger partial charge in [0.05, 0.1) is 10.9 Å². The Balaban J connectivity index is 2.47. The van der Waals surface area contributed by atoms with Crippen molar-refractivity contribution in [2.75, 3.05) is 0 Å². The molecule has 0 aliphatic rings. The Kier molecular flexibility index (Phi) is 12.5. The number of rotatable bonds is 17. The average Bonchev–Trinajstić information content (AvgIpc) is 3.13. The fraction of sp³-hybridized carbons (Fsp3) is 0.792. The Hall–Kier alpha value is -1.03. The smallest absolute Gasteiger partial charge is 0.252 e. The van der Waals surface area contributed by atoms with Gasteiger partial charge in [-0.05, 0) is 12.8 Å².